The van der Waals surface area contributed by atoms with Gasteiger partial charge in [0.15, 0.2) is 0 Å². The van der Waals surface area contributed by atoms with Gasteiger partial charge in [-0.3, -0.25) is 4.72 Å². The maximum absolute atomic E-state index is 12.3. The Bertz CT molecular complexity index is 751. The maximum Gasteiger partial charge on any atom is 0.264 e. The number of nitrogens with zero attached hydrogens (tertiary/aromatic N) is 1. The second-order valence-electron chi connectivity index (χ2n) is 3.77. The van der Waals surface area contributed by atoms with Crippen LogP contribution in [0.3, 0.4) is 0 Å². The molecule has 0 aliphatic carbocycles. The molecule has 1 heterocycles. The Labute approximate surface area is 134 Å². The molecular weight excluding hydrogens is 389 g/mol. The summed E-state index contributed by atoms with van der Waals surface area (Å²) in [5.74, 6) is 0.139. The lowest BCUT2D eigenvalue weighted by Crippen LogP contribution is -2.15. The van der Waals surface area contributed by atoms with Crippen LogP contribution in [0.4, 0.5) is 11.5 Å². The lowest BCUT2D eigenvalue weighted by Gasteiger charge is -2.11. The highest BCUT2D eigenvalue weighted by Gasteiger charge is 2.20. The largest absolute Gasteiger partial charge is 0.398 e. The Balaban J connectivity index is 2.43. The fraction of sp³-hybridized carbons (Fsp3) is 0. The molecule has 0 radical (unpaired) electrons. The molecule has 5 nitrogen and oxygen atoms in total. The number of rotatable bonds is 3. The highest BCUT2D eigenvalue weighted by Crippen LogP contribution is 2.32. The molecule has 2 rings (SSSR count). The van der Waals surface area contributed by atoms with Gasteiger partial charge in [0.05, 0.1) is 9.50 Å². The molecule has 0 aliphatic heterocycles. The third-order valence-corrected chi connectivity index (χ3v) is 5.26. The monoisotopic (exact) mass is 395 g/mol. The molecule has 0 spiro atoms. The fourth-order valence-electron chi connectivity index (χ4n) is 1.41. The van der Waals surface area contributed by atoms with Gasteiger partial charge in [0.25, 0.3) is 10.0 Å². The second-order valence-corrected chi connectivity index (χ2v) is 7.09. The van der Waals surface area contributed by atoms with Crippen LogP contribution in [-0.2, 0) is 10.0 Å². The normalized spacial score (nSPS) is 11.3. The van der Waals surface area contributed by atoms with Gasteiger partial charge in [0.2, 0.25) is 0 Å². The van der Waals surface area contributed by atoms with Crippen molar-refractivity contribution in [1.29, 1.82) is 0 Å². The van der Waals surface area contributed by atoms with Crippen LogP contribution in [0.25, 0.3) is 0 Å². The Morgan fingerprint density at radius 3 is 2.50 bits per heavy atom. The minimum absolute atomic E-state index is 0.0701. The Morgan fingerprint density at radius 2 is 1.90 bits per heavy atom. The van der Waals surface area contributed by atoms with E-state index in [1.807, 2.05) is 0 Å². The van der Waals surface area contributed by atoms with Gasteiger partial charge in [-0.2, -0.15) is 0 Å². The molecule has 2 aromatic rings. The van der Waals surface area contributed by atoms with Gasteiger partial charge in [-0.15, -0.1) is 0 Å². The maximum atomic E-state index is 12.3. The number of anilines is 2. The van der Waals surface area contributed by atoms with E-state index in [1.54, 1.807) is 0 Å². The quantitative estimate of drug-likeness (QED) is 0.777. The van der Waals surface area contributed by atoms with Crippen molar-refractivity contribution in [2.75, 3.05) is 10.5 Å². The minimum Gasteiger partial charge on any atom is -0.398 e. The van der Waals surface area contributed by atoms with E-state index in [0.29, 0.717) is 5.02 Å². The third-order valence-electron chi connectivity index (χ3n) is 2.29. The van der Waals surface area contributed by atoms with E-state index in [2.05, 4.69) is 25.6 Å². The molecule has 0 saturated carbocycles. The number of halogens is 3. The van der Waals surface area contributed by atoms with E-state index in [4.69, 9.17) is 28.9 Å². The number of sulfonamides is 1. The molecule has 0 fully saturated rings. The summed E-state index contributed by atoms with van der Waals surface area (Å²) >= 11 is 14.6. The lowest BCUT2D eigenvalue weighted by atomic mass is 10.3. The summed E-state index contributed by atoms with van der Waals surface area (Å²) in [6.07, 6.45) is 1.33. The smallest absolute Gasteiger partial charge is 0.264 e. The number of hydrogen-bond donors (Lipinski definition) is 2. The van der Waals surface area contributed by atoms with Gasteiger partial charge >= 0.3 is 0 Å². The van der Waals surface area contributed by atoms with Crippen LogP contribution in [0.5, 0.6) is 0 Å². The second kappa shape index (κ2) is 5.77. The van der Waals surface area contributed by atoms with Gasteiger partial charge in [-0.1, -0.05) is 23.2 Å². The zero-order valence-electron chi connectivity index (χ0n) is 9.77. The van der Waals surface area contributed by atoms with E-state index >= 15 is 0 Å². The Hall–Kier alpha value is -1.02. The summed E-state index contributed by atoms with van der Waals surface area (Å²) in [5, 5.41) is 0.622. The lowest BCUT2D eigenvalue weighted by molar-refractivity contribution is 0.600. The van der Waals surface area contributed by atoms with Crippen LogP contribution in [-0.4, -0.2) is 13.4 Å². The van der Waals surface area contributed by atoms with Gasteiger partial charge in [0.1, 0.15) is 10.7 Å². The van der Waals surface area contributed by atoms with Gasteiger partial charge in [0, 0.05) is 16.9 Å². The molecule has 0 atom stereocenters. The van der Waals surface area contributed by atoms with Crippen molar-refractivity contribution in [2.24, 2.45) is 0 Å². The first-order valence-corrected chi connectivity index (χ1v) is 8.22. The van der Waals surface area contributed by atoms with E-state index in [0.717, 1.165) is 0 Å². The minimum atomic E-state index is -3.87. The molecule has 0 unspecified atom stereocenters. The summed E-state index contributed by atoms with van der Waals surface area (Å²) in [7, 11) is -3.87. The first-order chi connectivity index (χ1) is 9.29. The van der Waals surface area contributed by atoms with Crippen LogP contribution >= 0.6 is 39.1 Å². The molecule has 9 heteroatoms. The van der Waals surface area contributed by atoms with E-state index in [-0.39, 0.29) is 25.9 Å². The van der Waals surface area contributed by atoms with Crippen LogP contribution in [0.2, 0.25) is 10.0 Å². The first-order valence-electron chi connectivity index (χ1n) is 5.18. The van der Waals surface area contributed by atoms with E-state index in [1.165, 1.54) is 30.5 Å². The summed E-state index contributed by atoms with van der Waals surface area (Å²) in [6, 6.07) is 5.71. The Kier molecular flexibility index (Phi) is 4.43. The highest BCUT2D eigenvalue weighted by atomic mass is 79.9. The van der Waals surface area contributed by atoms with Crippen molar-refractivity contribution in [2.45, 2.75) is 4.90 Å². The fourth-order valence-corrected chi connectivity index (χ4v) is 3.82. The molecule has 1 aromatic carbocycles. The number of benzene rings is 1. The van der Waals surface area contributed by atoms with E-state index in [9.17, 15) is 8.42 Å². The molecule has 0 bridgehead atoms. The predicted octanol–water partition coefficient (Wildman–Crippen LogP) is 3.53. The van der Waals surface area contributed by atoms with Crippen molar-refractivity contribution in [3.63, 3.8) is 0 Å². The zero-order chi connectivity index (χ0) is 14.9. The van der Waals surface area contributed by atoms with Crippen molar-refractivity contribution < 1.29 is 8.42 Å². The van der Waals surface area contributed by atoms with Crippen molar-refractivity contribution in [3.05, 3.63) is 45.0 Å². The molecule has 0 aliphatic rings. The van der Waals surface area contributed by atoms with Crippen LogP contribution in [0.1, 0.15) is 0 Å². The summed E-state index contributed by atoms with van der Waals surface area (Å²) in [6.45, 7) is 0. The van der Waals surface area contributed by atoms with E-state index < -0.39 is 10.0 Å². The third kappa shape index (κ3) is 3.35. The number of aromatic nitrogens is 1. The molecule has 20 heavy (non-hydrogen) atoms. The van der Waals surface area contributed by atoms with Crippen LogP contribution < -0.4 is 10.5 Å². The molecule has 0 saturated heterocycles. The average molecular weight is 397 g/mol. The molecular formula is C11H8BrCl2N3O2S. The topological polar surface area (TPSA) is 85.1 Å². The SMILES string of the molecule is Nc1cc(Cl)cc(S(=O)(=O)Nc2ccc(Cl)cn2)c1Br. The first kappa shape index (κ1) is 15.4. The van der Waals surface area contributed by atoms with Gasteiger partial charge in [-0.25, -0.2) is 13.4 Å². The summed E-state index contributed by atoms with van der Waals surface area (Å²) < 4.78 is 27.1. The molecule has 1 aromatic heterocycles. The average Bonchev–Trinajstić information content (AvgIpc) is 2.36. The molecule has 3 N–H and O–H groups in total. The number of nitrogens with two attached hydrogens (primary N) is 1. The number of pyridine rings is 1. The summed E-state index contributed by atoms with van der Waals surface area (Å²) in [4.78, 5) is 3.79. The molecule has 0 amide bonds. The Morgan fingerprint density at radius 1 is 1.20 bits per heavy atom. The zero-order valence-corrected chi connectivity index (χ0v) is 13.7. The standard InChI is InChI=1S/C11H8BrCl2N3O2S/c12-11-8(15)3-7(14)4-9(11)20(18,19)17-10-2-1-6(13)5-16-10/h1-5H,15H2,(H,16,17). The predicted molar refractivity (Wildman–Crippen MR) is 83.6 cm³/mol. The number of hydrogen-bond acceptors (Lipinski definition) is 4. The summed E-state index contributed by atoms with van der Waals surface area (Å²) in [5.41, 5.74) is 5.90. The van der Waals surface area contributed by atoms with Crippen molar-refractivity contribution in [3.8, 4) is 0 Å². The number of nitrogens with one attached hydrogen (secondary N) is 1. The highest BCUT2D eigenvalue weighted by molar-refractivity contribution is 9.10. The van der Waals surface area contributed by atoms with Gasteiger partial charge in [-0.05, 0) is 40.2 Å². The molecule has 106 valence electrons. The van der Waals surface area contributed by atoms with Crippen molar-refractivity contribution in [1.82, 2.24) is 4.98 Å². The van der Waals surface area contributed by atoms with Gasteiger partial charge < -0.3 is 5.73 Å². The van der Waals surface area contributed by atoms with Crippen molar-refractivity contribution >= 4 is 60.7 Å². The number of nitrogen functional groups attached to an aromatic ring is 1. The van der Waals surface area contributed by atoms with Crippen LogP contribution in [0.15, 0.2) is 39.8 Å². The van der Waals surface area contributed by atoms with Crippen LogP contribution in [0, 0.1) is 0 Å².